The predicted octanol–water partition coefficient (Wildman–Crippen LogP) is 6.30. The first-order valence-corrected chi connectivity index (χ1v) is 12.4. The Morgan fingerprint density at radius 2 is 1.87 bits per heavy atom. The van der Waals surface area contributed by atoms with Crippen LogP contribution >= 0.6 is 23.8 Å². The summed E-state index contributed by atoms with van der Waals surface area (Å²) in [6, 6.07) is 13.1. The number of halogens is 1. The fourth-order valence-corrected chi connectivity index (χ4v) is 5.41. The van der Waals surface area contributed by atoms with Crippen LogP contribution in [0.15, 0.2) is 42.6 Å². The number of hydrogen-bond donors (Lipinski definition) is 2. The molecule has 2 heterocycles. The zero-order valence-electron chi connectivity index (χ0n) is 18.4. The molecule has 2 fully saturated rings. The third-order valence-corrected chi connectivity index (χ3v) is 7.46. The molecule has 2 aliphatic rings. The molecule has 1 aliphatic heterocycles. The Balaban J connectivity index is 1.37. The molecule has 1 aliphatic carbocycles. The van der Waals surface area contributed by atoms with Gasteiger partial charge in [0.15, 0.2) is 5.11 Å². The van der Waals surface area contributed by atoms with Crippen LogP contribution in [0, 0.1) is 0 Å². The highest BCUT2D eigenvalue weighted by molar-refractivity contribution is 7.80. The number of benzene rings is 1. The van der Waals surface area contributed by atoms with Crippen molar-refractivity contribution in [1.82, 2.24) is 10.3 Å². The molecular formula is C25H33ClN4S. The molecule has 0 unspecified atom stereocenters. The fraction of sp³-hybridized carbons (Fsp3) is 0.520. The first-order chi connectivity index (χ1) is 15.1. The molecule has 2 N–H and O–H groups in total. The number of thiocarbonyl (C=S) groups is 1. The number of hydrogen-bond acceptors (Lipinski definition) is 3. The second kappa shape index (κ2) is 10.2. The standard InChI is InChI=1S/C25H33ClN4S/c1-19-7-3-6-16-30(19)23-13-12-22(17-27-23)29-24(31)28-18-25(14-4-2-5-15-25)20-8-10-21(26)11-9-20/h8-13,17,19H,2-7,14-16,18H2,1H3,(H2,28,29,31)/t19-/m1/s1. The minimum Gasteiger partial charge on any atom is -0.362 e. The summed E-state index contributed by atoms with van der Waals surface area (Å²) in [4.78, 5) is 7.09. The number of nitrogens with zero attached hydrogens (tertiary/aromatic N) is 2. The van der Waals surface area contributed by atoms with Crippen LogP contribution in [0.2, 0.25) is 5.02 Å². The van der Waals surface area contributed by atoms with Gasteiger partial charge in [-0.1, -0.05) is 43.0 Å². The van der Waals surface area contributed by atoms with Crippen molar-refractivity contribution in [3.8, 4) is 0 Å². The van der Waals surface area contributed by atoms with E-state index in [4.69, 9.17) is 23.8 Å². The molecule has 0 radical (unpaired) electrons. The predicted molar refractivity (Wildman–Crippen MR) is 135 cm³/mol. The van der Waals surface area contributed by atoms with Crippen molar-refractivity contribution >= 4 is 40.4 Å². The topological polar surface area (TPSA) is 40.2 Å². The van der Waals surface area contributed by atoms with Gasteiger partial charge in [0.2, 0.25) is 0 Å². The summed E-state index contributed by atoms with van der Waals surface area (Å²) < 4.78 is 0. The number of pyridine rings is 1. The van der Waals surface area contributed by atoms with E-state index in [-0.39, 0.29) is 5.41 Å². The molecule has 2 aromatic rings. The lowest BCUT2D eigenvalue weighted by molar-refractivity contribution is 0.292. The molecular weight excluding hydrogens is 424 g/mol. The largest absolute Gasteiger partial charge is 0.362 e. The second-order valence-corrected chi connectivity index (χ2v) is 9.94. The summed E-state index contributed by atoms with van der Waals surface area (Å²) in [6.07, 6.45) is 11.9. The number of anilines is 2. The van der Waals surface area contributed by atoms with E-state index < -0.39 is 0 Å². The van der Waals surface area contributed by atoms with Gasteiger partial charge in [-0.15, -0.1) is 0 Å². The lowest BCUT2D eigenvalue weighted by atomic mass is 9.69. The van der Waals surface area contributed by atoms with Crippen LogP contribution in [0.5, 0.6) is 0 Å². The zero-order chi connectivity index (χ0) is 21.7. The summed E-state index contributed by atoms with van der Waals surface area (Å²) in [6.45, 7) is 4.21. The Kier molecular flexibility index (Phi) is 7.34. The molecule has 6 heteroatoms. The summed E-state index contributed by atoms with van der Waals surface area (Å²) in [7, 11) is 0. The average molecular weight is 457 g/mol. The van der Waals surface area contributed by atoms with Gasteiger partial charge < -0.3 is 15.5 Å². The molecule has 0 amide bonds. The van der Waals surface area contributed by atoms with E-state index >= 15 is 0 Å². The third-order valence-electron chi connectivity index (χ3n) is 6.96. The zero-order valence-corrected chi connectivity index (χ0v) is 19.9. The molecule has 1 aromatic carbocycles. The maximum atomic E-state index is 6.13. The lowest BCUT2D eigenvalue weighted by Crippen LogP contribution is -2.43. The molecule has 31 heavy (non-hydrogen) atoms. The van der Waals surface area contributed by atoms with Gasteiger partial charge in [-0.25, -0.2) is 4.98 Å². The van der Waals surface area contributed by atoms with Crippen LogP contribution < -0.4 is 15.5 Å². The molecule has 0 bridgehead atoms. The smallest absolute Gasteiger partial charge is 0.170 e. The van der Waals surface area contributed by atoms with E-state index in [0.717, 1.165) is 29.6 Å². The van der Waals surface area contributed by atoms with Crippen molar-refractivity contribution in [2.45, 2.75) is 69.7 Å². The average Bonchev–Trinajstić information content (AvgIpc) is 2.80. The molecule has 4 rings (SSSR count). The van der Waals surface area contributed by atoms with E-state index in [0.29, 0.717) is 11.2 Å². The van der Waals surface area contributed by atoms with Gasteiger partial charge in [0.25, 0.3) is 0 Å². The first kappa shape index (κ1) is 22.3. The third kappa shape index (κ3) is 5.50. The molecule has 4 nitrogen and oxygen atoms in total. The minimum absolute atomic E-state index is 0.112. The van der Waals surface area contributed by atoms with Gasteiger partial charge >= 0.3 is 0 Å². The first-order valence-electron chi connectivity index (χ1n) is 11.6. The maximum Gasteiger partial charge on any atom is 0.170 e. The van der Waals surface area contributed by atoms with Gasteiger partial charge in [-0.3, -0.25) is 0 Å². The number of aromatic nitrogens is 1. The quantitative estimate of drug-likeness (QED) is 0.516. The Morgan fingerprint density at radius 3 is 2.55 bits per heavy atom. The molecule has 1 atom stereocenters. The summed E-state index contributed by atoms with van der Waals surface area (Å²) in [5, 5.41) is 8.25. The lowest BCUT2D eigenvalue weighted by Gasteiger charge is -2.38. The molecule has 1 saturated heterocycles. The Morgan fingerprint density at radius 1 is 1.10 bits per heavy atom. The van der Waals surface area contributed by atoms with Crippen LogP contribution in [-0.2, 0) is 5.41 Å². The Labute approximate surface area is 196 Å². The maximum absolute atomic E-state index is 6.13. The second-order valence-electron chi connectivity index (χ2n) is 9.10. The number of nitrogens with one attached hydrogen (secondary N) is 2. The fourth-order valence-electron chi connectivity index (χ4n) is 5.09. The van der Waals surface area contributed by atoms with Crippen LogP contribution in [0.25, 0.3) is 0 Å². The Bertz CT molecular complexity index is 862. The van der Waals surface area contributed by atoms with Gasteiger partial charge in [0, 0.05) is 29.6 Å². The highest BCUT2D eigenvalue weighted by Crippen LogP contribution is 2.39. The van der Waals surface area contributed by atoms with Crippen LogP contribution in [0.1, 0.15) is 63.9 Å². The van der Waals surface area contributed by atoms with Crippen LogP contribution in [0.3, 0.4) is 0 Å². The molecule has 1 saturated carbocycles. The van der Waals surface area contributed by atoms with Gasteiger partial charge in [0.1, 0.15) is 5.82 Å². The molecule has 166 valence electrons. The Hall–Kier alpha value is -1.85. The van der Waals surface area contributed by atoms with Crippen molar-refractivity contribution < 1.29 is 0 Å². The van der Waals surface area contributed by atoms with Crippen molar-refractivity contribution in [1.29, 1.82) is 0 Å². The van der Waals surface area contributed by atoms with Crippen LogP contribution in [0.4, 0.5) is 11.5 Å². The van der Waals surface area contributed by atoms with E-state index in [1.165, 1.54) is 56.9 Å². The van der Waals surface area contributed by atoms with Crippen molar-refractivity contribution in [2.75, 3.05) is 23.3 Å². The van der Waals surface area contributed by atoms with Crippen molar-refractivity contribution in [3.05, 3.63) is 53.2 Å². The van der Waals surface area contributed by atoms with Crippen molar-refractivity contribution in [2.24, 2.45) is 0 Å². The van der Waals surface area contributed by atoms with E-state index in [1.807, 2.05) is 18.3 Å². The molecule has 0 spiro atoms. The SMILES string of the molecule is C[C@@H]1CCCCN1c1ccc(NC(=S)NCC2(c3ccc(Cl)cc3)CCCCC2)cn1. The van der Waals surface area contributed by atoms with Gasteiger partial charge in [-0.2, -0.15) is 0 Å². The minimum atomic E-state index is 0.112. The van der Waals surface area contributed by atoms with Crippen molar-refractivity contribution in [3.63, 3.8) is 0 Å². The summed E-state index contributed by atoms with van der Waals surface area (Å²) >= 11 is 11.7. The number of piperidine rings is 1. The summed E-state index contributed by atoms with van der Waals surface area (Å²) in [5.41, 5.74) is 2.39. The highest BCUT2D eigenvalue weighted by Gasteiger charge is 2.34. The highest BCUT2D eigenvalue weighted by atomic mass is 35.5. The van der Waals surface area contributed by atoms with Gasteiger partial charge in [0.05, 0.1) is 11.9 Å². The van der Waals surface area contributed by atoms with Crippen LogP contribution in [-0.4, -0.2) is 29.2 Å². The molecule has 1 aromatic heterocycles. The van der Waals surface area contributed by atoms with E-state index in [1.54, 1.807) is 0 Å². The van der Waals surface area contributed by atoms with E-state index in [2.05, 4.69) is 51.7 Å². The normalized spacial score (nSPS) is 20.8. The summed E-state index contributed by atoms with van der Waals surface area (Å²) in [5.74, 6) is 1.06. The monoisotopic (exact) mass is 456 g/mol. The van der Waals surface area contributed by atoms with E-state index in [9.17, 15) is 0 Å². The number of rotatable bonds is 5. The van der Waals surface area contributed by atoms with Gasteiger partial charge in [-0.05, 0) is 81.1 Å².